The SMILES string of the molecule is CCC(C)N1CC2CC1CC2C#N. The standard InChI is InChI=1S/C11H18N2/c1-3-8(2)13-7-10-5-11(13)4-9(10)6-12/h8-11H,3-5,7H2,1-2H3. The van der Waals surface area contributed by atoms with E-state index >= 15 is 0 Å². The number of rotatable bonds is 2. The van der Waals surface area contributed by atoms with Gasteiger partial charge < -0.3 is 0 Å². The Hall–Kier alpha value is -0.550. The van der Waals surface area contributed by atoms with Gasteiger partial charge in [0.25, 0.3) is 0 Å². The fraction of sp³-hybridized carbons (Fsp3) is 0.909. The van der Waals surface area contributed by atoms with Crippen molar-refractivity contribution in [2.45, 2.75) is 45.2 Å². The van der Waals surface area contributed by atoms with Crippen LogP contribution in [0.25, 0.3) is 0 Å². The Bertz CT molecular complexity index is 231. The molecule has 2 heteroatoms. The summed E-state index contributed by atoms with van der Waals surface area (Å²) >= 11 is 0. The van der Waals surface area contributed by atoms with E-state index in [0.29, 0.717) is 11.8 Å². The van der Waals surface area contributed by atoms with E-state index in [1.165, 1.54) is 19.4 Å². The molecule has 4 unspecified atom stereocenters. The second kappa shape index (κ2) is 3.31. The number of likely N-dealkylation sites (tertiary alicyclic amines) is 1. The monoisotopic (exact) mass is 178 g/mol. The fourth-order valence-corrected chi connectivity index (χ4v) is 2.92. The highest BCUT2D eigenvalue weighted by atomic mass is 15.2. The van der Waals surface area contributed by atoms with Crippen LogP contribution in [0.5, 0.6) is 0 Å². The molecule has 0 radical (unpaired) electrons. The molecule has 13 heavy (non-hydrogen) atoms. The summed E-state index contributed by atoms with van der Waals surface area (Å²) in [6.45, 7) is 5.73. The van der Waals surface area contributed by atoms with Crippen molar-refractivity contribution in [3.05, 3.63) is 0 Å². The molecule has 1 heterocycles. The molecule has 0 aromatic rings. The van der Waals surface area contributed by atoms with Gasteiger partial charge in [-0.3, -0.25) is 4.90 Å². The van der Waals surface area contributed by atoms with Crippen molar-refractivity contribution in [2.24, 2.45) is 11.8 Å². The summed E-state index contributed by atoms with van der Waals surface area (Å²) in [5.74, 6) is 1.05. The van der Waals surface area contributed by atoms with Gasteiger partial charge in [-0.2, -0.15) is 5.26 Å². The van der Waals surface area contributed by atoms with E-state index in [1.807, 2.05) is 0 Å². The lowest BCUT2D eigenvalue weighted by Crippen LogP contribution is -2.40. The van der Waals surface area contributed by atoms with Crippen LogP contribution in [0.3, 0.4) is 0 Å². The molecule has 0 amide bonds. The minimum atomic E-state index is 0.366. The molecule has 2 bridgehead atoms. The zero-order valence-electron chi connectivity index (χ0n) is 8.53. The second-order valence-electron chi connectivity index (χ2n) is 4.57. The Morgan fingerprint density at radius 2 is 2.31 bits per heavy atom. The molecule has 2 rings (SSSR count). The van der Waals surface area contributed by atoms with Gasteiger partial charge in [0.05, 0.1) is 12.0 Å². The maximum absolute atomic E-state index is 8.90. The molecular weight excluding hydrogens is 160 g/mol. The van der Waals surface area contributed by atoms with Crippen molar-refractivity contribution >= 4 is 0 Å². The van der Waals surface area contributed by atoms with E-state index < -0.39 is 0 Å². The van der Waals surface area contributed by atoms with Crippen LogP contribution in [-0.2, 0) is 0 Å². The van der Waals surface area contributed by atoms with Gasteiger partial charge in [-0.15, -0.1) is 0 Å². The lowest BCUT2D eigenvalue weighted by Gasteiger charge is -2.33. The highest BCUT2D eigenvalue weighted by Gasteiger charge is 2.45. The highest BCUT2D eigenvalue weighted by Crippen LogP contribution is 2.42. The first-order chi connectivity index (χ1) is 6.26. The number of hydrogen-bond donors (Lipinski definition) is 0. The van der Waals surface area contributed by atoms with Gasteiger partial charge in [0.2, 0.25) is 0 Å². The van der Waals surface area contributed by atoms with Gasteiger partial charge in [-0.05, 0) is 32.1 Å². The van der Waals surface area contributed by atoms with Crippen LogP contribution in [-0.4, -0.2) is 23.5 Å². The van der Waals surface area contributed by atoms with Crippen LogP contribution in [0.15, 0.2) is 0 Å². The number of hydrogen-bond acceptors (Lipinski definition) is 2. The van der Waals surface area contributed by atoms with Crippen LogP contribution in [0.2, 0.25) is 0 Å². The Morgan fingerprint density at radius 3 is 2.77 bits per heavy atom. The molecule has 2 fully saturated rings. The predicted octanol–water partition coefficient (Wildman–Crippen LogP) is 2.02. The Morgan fingerprint density at radius 1 is 1.54 bits per heavy atom. The normalized spacial score (nSPS) is 40.5. The molecule has 1 aliphatic heterocycles. The molecule has 0 aromatic carbocycles. The van der Waals surface area contributed by atoms with Gasteiger partial charge in [-0.1, -0.05) is 6.92 Å². The summed E-state index contributed by atoms with van der Waals surface area (Å²) in [6.07, 6.45) is 3.65. The largest absolute Gasteiger partial charge is 0.297 e. The summed E-state index contributed by atoms with van der Waals surface area (Å²) in [5, 5.41) is 8.90. The molecule has 2 nitrogen and oxygen atoms in total. The summed E-state index contributed by atoms with van der Waals surface area (Å²) < 4.78 is 0. The lowest BCUT2D eigenvalue weighted by atomic mass is 9.95. The number of piperidine rings is 1. The fourth-order valence-electron chi connectivity index (χ4n) is 2.92. The van der Waals surface area contributed by atoms with Gasteiger partial charge >= 0.3 is 0 Å². The Balaban J connectivity index is 2.00. The molecular formula is C11H18N2. The van der Waals surface area contributed by atoms with E-state index in [4.69, 9.17) is 5.26 Å². The summed E-state index contributed by atoms with van der Waals surface area (Å²) in [7, 11) is 0. The topological polar surface area (TPSA) is 27.0 Å². The number of fused-ring (bicyclic) bond motifs is 2. The maximum Gasteiger partial charge on any atom is 0.0659 e. The van der Waals surface area contributed by atoms with Crippen molar-refractivity contribution in [2.75, 3.05) is 6.54 Å². The van der Waals surface area contributed by atoms with E-state index in [2.05, 4.69) is 24.8 Å². The number of nitriles is 1. The minimum absolute atomic E-state index is 0.366. The van der Waals surface area contributed by atoms with Crippen molar-refractivity contribution in [1.82, 2.24) is 4.90 Å². The van der Waals surface area contributed by atoms with E-state index in [9.17, 15) is 0 Å². The zero-order chi connectivity index (χ0) is 9.42. The molecule has 0 N–H and O–H groups in total. The first-order valence-electron chi connectivity index (χ1n) is 5.41. The molecule has 2 aliphatic rings. The molecule has 0 spiro atoms. The van der Waals surface area contributed by atoms with Gasteiger partial charge in [0.15, 0.2) is 0 Å². The summed E-state index contributed by atoms with van der Waals surface area (Å²) in [6, 6.07) is 3.89. The summed E-state index contributed by atoms with van der Waals surface area (Å²) in [5.41, 5.74) is 0. The van der Waals surface area contributed by atoms with Crippen molar-refractivity contribution in [3.8, 4) is 6.07 Å². The third kappa shape index (κ3) is 1.36. The van der Waals surface area contributed by atoms with Crippen molar-refractivity contribution < 1.29 is 0 Å². The van der Waals surface area contributed by atoms with Crippen molar-refractivity contribution in [3.63, 3.8) is 0 Å². The van der Waals surface area contributed by atoms with Crippen LogP contribution < -0.4 is 0 Å². The second-order valence-corrected chi connectivity index (χ2v) is 4.57. The third-order valence-electron chi connectivity index (χ3n) is 3.91. The van der Waals surface area contributed by atoms with Crippen LogP contribution in [0.1, 0.15) is 33.1 Å². The molecule has 4 atom stereocenters. The van der Waals surface area contributed by atoms with Crippen LogP contribution >= 0.6 is 0 Å². The Kier molecular flexibility index (Phi) is 2.29. The number of nitrogens with zero attached hydrogens (tertiary/aromatic N) is 2. The average Bonchev–Trinajstić information content (AvgIpc) is 2.74. The molecule has 1 saturated heterocycles. The highest BCUT2D eigenvalue weighted by molar-refractivity contribution is 5.05. The van der Waals surface area contributed by atoms with E-state index in [-0.39, 0.29) is 0 Å². The zero-order valence-corrected chi connectivity index (χ0v) is 8.53. The van der Waals surface area contributed by atoms with E-state index in [1.54, 1.807) is 0 Å². The molecule has 1 aliphatic carbocycles. The Labute approximate surface area is 80.5 Å². The maximum atomic E-state index is 8.90. The van der Waals surface area contributed by atoms with Crippen molar-refractivity contribution in [1.29, 1.82) is 5.26 Å². The minimum Gasteiger partial charge on any atom is -0.297 e. The quantitative estimate of drug-likeness (QED) is 0.647. The lowest BCUT2D eigenvalue weighted by molar-refractivity contribution is 0.141. The van der Waals surface area contributed by atoms with Crippen LogP contribution in [0, 0.1) is 23.2 Å². The first-order valence-corrected chi connectivity index (χ1v) is 5.41. The molecule has 72 valence electrons. The average molecular weight is 178 g/mol. The van der Waals surface area contributed by atoms with E-state index in [0.717, 1.165) is 18.5 Å². The summed E-state index contributed by atoms with van der Waals surface area (Å²) in [4.78, 5) is 2.61. The van der Waals surface area contributed by atoms with Gasteiger partial charge in [0.1, 0.15) is 0 Å². The van der Waals surface area contributed by atoms with Gasteiger partial charge in [-0.25, -0.2) is 0 Å². The first kappa shape index (κ1) is 9.02. The smallest absolute Gasteiger partial charge is 0.0659 e. The van der Waals surface area contributed by atoms with Gasteiger partial charge in [0, 0.05) is 18.6 Å². The predicted molar refractivity (Wildman–Crippen MR) is 52.1 cm³/mol. The third-order valence-corrected chi connectivity index (χ3v) is 3.91. The molecule has 1 saturated carbocycles. The van der Waals surface area contributed by atoms with Crippen LogP contribution in [0.4, 0.5) is 0 Å². The molecule has 0 aromatic heterocycles.